The zero-order valence-electron chi connectivity index (χ0n) is 14.4. The van der Waals surface area contributed by atoms with Gasteiger partial charge in [-0.15, -0.1) is 10.2 Å². The summed E-state index contributed by atoms with van der Waals surface area (Å²) in [5, 5.41) is 15.3. The van der Waals surface area contributed by atoms with Crippen LogP contribution < -0.4 is 5.32 Å². The Balaban J connectivity index is 1.59. The van der Waals surface area contributed by atoms with Gasteiger partial charge in [0.2, 0.25) is 11.7 Å². The van der Waals surface area contributed by atoms with E-state index < -0.39 is 5.97 Å². The molecule has 0 aliphatic heterocycles. The van der Waals surface area contributed by atoms with Gasteiger partial charge in [-0.3, -0.25) is 4.79 Å². The number of ether oxygens (including phenoxy) is 1. The van der Waals surface area contributed by atoms with Gasteiger partial charge < -0.3 is 10.1 Å². The second-order valence-electron chi connectivity index (χ2n) is 5.50. The van der Waals surface area contributed by atoms with E-state index in [1.165, 1.54) is 4.80 Å². The topological polar surface area (TPSA) is 99.0 Å². The van der Waals surface area contributed by atoms with E-state index in [-0.39, 0.29) is 12.5 Å². The fourth-order valence-corrected chi connectivity index (χ4v) is 2.38. The third-order valence-electron chi connectivity index (χ3n) is 3.52. The van der Waals surface area contributed by atoms with Crippen LogP contribution in [0.4, 0.5) is 5.69 Å². The van der Waals surface area contributed by atoms with Crippen LogP contribution in [0.15, 0.2) is 48.5 Å². The molecule has 8 nitrogen and oxygen atoms in total. The first kappa shape index (κ1) is 18.5. The quantitative estimate of drug-likeness (QED) is 0.655. The van der Waals surface area contributed by atoms with E-state index in [0.29, 0.717) is 28.7 Å². The van der Waals surface area contributed by atoms with E-state index in [4.69, 9.17) is 16.3 Å². The molecule has 0 spiro atoms. The molecular weight excluding hydrogens is 370 g/mol. The molecule has 3 rings (SSSR count). The maximum absolute atomic E-state index is 12.1. The van der Waals surface area contributed by atoms with Crippen molar-refractivity contribution in [3.8, 4) is 11.4 Å². The summed E-state index contributed by atoms with van der Waals surface area (Å²) in [5.41, 5.74) is 1.71. The number of esters is 1. The highest BCUT2D eigenvalue weighted by Gasteiger charge is 2.11. The average molecular weight is 386 g/mol. The van der Waals surface area contributed by atoms with Crippen LogP contribution in [0.3, 0.4) is 0 Å². The lowest BCUT2D eigenvalue weighted by Gasteiger charge is -2.06. The second kappa shape index (κ2) is 8.41. The Hall–Kier alpha value is -3.26. The van der Waals surface area contributed by atoms with Crippen molar-refractivity contribution in [1.29, 1.82) is 0 Å². The van der Waals surface area contributed by atoms with E-state index in [9.17, 15) is 9.59 Å². The van der Waals surface area contributed by atoms with Crippen LogP contribution in [0.5, 0.6) is 0 Å². The lowest BCUT2D eigenvalue weighted by Crippen LogP contribution is -2.20. The van der Waals surface area contributed by atoms with Crippen LogP contribution >= 0.6 is 11.6 Å². The van der Waals surface area contributed by atoms with Crippen LogP contribution in [-0.2, 0) is 16.1 Å². The van der Waals surface area contributed by atoms with Crippen LogP contribution in [0.25, 0.3) is 11.4 Å². The van der Waals surface area contributed by atoms with Crippen molar-refractivity contribution >= 4 is 29.2 Å². The molecule has 0 saturated heterocycles. The molecule has 9 heteroatoms. The number of benzene rings is 2. The van der Waals surface area contributed by atoms with Crippen molar-refractivity contribution in [2.45, 2.75) is 13.5 Å². The molecule has 27 heavy (non-hydrogen) atoms. The number of tetrazole rings is 1. The van der Waals surface area contributed by atoms with Gasteiger partial charge in [0, 0.05) is 16.3 Å². The molecule has 3 aromatic rings. The summed E-state index contributed by atoms with van der Waals surface area (Å²) >= 11 is 5.85. The van der Waals surface area contributed by atoms with Gasteiger partial charge in [-0.25, -0.2) is 4.79 Å². The number of hydrogen-bond donors (Lipinski definition) is 1. The number of halogens is 1. The number of nitrogens with zero attached hydrogens (tertiary/aromatic N) is 4. The Morgan fingerprint density at radius 1 is 1.11 bits per heavy atom. The zero-order valence-corrected chi connectivity index (χ0v) is 15.2. The summed E-state index contributed by atoms with van der Waals surface area (Å²) in [6, 6.07) is 13.4. The summed E-state index contributed by atoms with van der Waals surface area (Å²) < 4.78 is 4.91. The highest BCUT2D eigenvalue weighted by Crippen LogP contribution is 2.17. The van der Waals surface area contributed by atoms with Gasteiger partial charge in [0.15, 0.2) is 0 Å². The predicted octanol–water partition coefficient (Wildman–Crippen LogP) is 2.81. The van der Waals surface area contributed by atoms with Gasteiger partial charge >= 0.3 is 5.97 Å². The number of carbonyl (C=O) groups excluding carboxylic acids is 2. The summed E-state index contributed by atoms with van der Waals surface area (Å²) in [7, 11) is 0. The van der Waals surface area contributed by atoms with Crippen LogP contribution in [-0.4, -0.2) is 38.7 Å². The minimum Gasteiger partial charge on any atom is -0.462 e. The minimum absolute atomic E-state index is 0.0970. The third kappa shape index (κ3) is 4.89. The molecule has 1 aromatic heterocycles. The molecule has 2 aromatic carbocycles. The first-order chi connectivity index (χ1) is 13.0. The number of carbonyl (C=O) groups is 2. The van der Waals surface area contributed by atoms with Gasteiger partial charge in [-0.2, -0.15) is 4.80 Å². The number of rotatable bonds is 6. The molecule has 0 aliphatic rings. The molecule has 138 valence electrons. The standard InChI is InChI=1S/C18H16ClN5O3/c1-2-27-18(26)13-5-9-15(10-6-13)20-16(25)11-24-22-17(21-23-24)12-3-7-14(19)8-4-12/h3-10H,2,11H2,1H3,(H,20,25). The Bertz CT molecular complexity index is 938. The fraction of sp³-hybridized carbons (Fsp3) is 0.167. The maximum atomic E-state index is 12.1. The number of amides is 1. The van der Waals surface area contributed by atoms with E-state index in [1.54, 1.807) is 55.5 Å². The highest BCUT2D eigenvalue weighted by molar-refractivity contribution is 6.30. The number of anilines is 1. The summed E-state index contributed by atoms with van der Waals surface area (Å²) in [6.07, 6.45) is 0. The van der Waals surface area contributed by atoms with Crippen molar-refractivity contribution in [3.63, 3.8) is 0 Å². The monoisotopic (exact) mass is 385 g/mol. The SMILES string of the molecule is CCOC(=O)c1ccc(NC(=O)Cn2nnc(-c3ccc(Cl)cc3)n2)cc1. The van der Waals surface area contributed by atoms with Crippen molar-refractivity contribution in [2.75, 3.05) is 11.9 Å². The van der Waals surface area contributed by atoms with Crippen molar-refractivity contribution in [3.05, 3.63) is 59.1 Å². The molecule has 1 N–H and O–H groups in total. The summed E-state index contributed by atoms with van der Waals surface area (Å²) in [5.74, 6) is -0.325. The normalized spacial score (nSPS) is 10.4. The molecule has 1 amide bonds. The highest BCUT2D eigenvalue weighted by atomic mass is 35.5. The molecule has 0 unspecified atom stereocenters. The zero-order chi connectivity index (χ0) is 19.2. The lowest BCUT2D eigenvalue weighted by atomic mass is 10.2. The first-order valence-electron chi connectivity index (χ1n) is 8.16. The summed E-state index contributed by atoms with van der Waals surface area (Å²) in [4.78, 5) is 25.0. The van der Waals surface area contributed by atoms with Crippen molar-refractivity contribution in [1.82, 2.24) is 20.2 Å². The lowest BCUT2D eigenvalue weighted by molar-refractivity contribution is -0.117. The summed E-state index contributed by atoms with van der Waals surface area (Å²) in [6.45, 7) is 1.95. The molecule has 0 radical (unpaired) electrons. The molecule has 1 heterocycles. The van der Waals surface area contributed by atoms with Gasteiger partial charge in [0.25, 0.3) is 0 Å². The van der Waals surface area contributed by atoms with Gasteiger partial charge in [0.05, 0.1) is 12.2 Å². The Morgan fingerprint density at radius 2 is 1.81 bits per heavy atom. The molecule has 0 atom stereocenters. The van der Waals surface area contributed by atoms with E-state index in [1.807, 2.05) is 0 Å². The predicted molar refractivity (Wildman–Crippen MR) is 99.3 cm³/mol. The Morgan fingerprint density at radius 3 is 2.48 bits per heavy atom. The number of hydrogen-bond acceptors (Lipinski definition) is 6. The van der Waals surface area contributed by atoms with E-state index >= 15 is 0 Å². The second-order valence-corrected chi connectivity index (χ2v) is 5.93. The van der Waals surface area contributed by atoms with Gasteiger partial charge in [-0.05, 0) is 60.7 Å². The van der Waals surface area contributed by atoms with Crippen molar-refractivity contribution < 1.29 is 14.3 Å². The molecule has 0 saturated carbocycles. The molecule has 0 fully saturated rings. The Kier molecular flexibility index (Phi) is 5.77. The van der Waals surface area contributed by atoms with Gasteiger partial charge in [-0.1, -0.05) is 11.6 Å². The van der Waals surface area contributed by atoms with Crippen molar-refractivity contribution in [2.24, 2.45) is 0 Å². The largest absolute Gasteiger partial charge is 0.462 e. The molecule has 0 aliphatic carbocycles. The van der Waals surface area contributed by atoms with Crippen LogP contribution in [0.2, 0.25) is 5.02 Å². The molecule has 0 bridgehead atoms. The average Bonchev–Trinajstić information content (AvgIpc) is 3.11. The smallest absolute Gasteiger partial charge is 0.338 e. The van der Waals surface area contributed by atoms with Crippen LogP contribution in [0, 0.1) is 0 Å². The number of nitrogens with one attached hydrogen (secondary N) is 1. The van der Waals surface area contributed by atoms with Crippen LogP contribution in [0.1, 0.15) is 17.3 Å². The number of aromatic nitrogens is 4. The maximum Gasteiger partial charge on any atom is 0.338 e. The Labute approximate surface area is 160 Å². The minimum atomic E-state index is -0.406. The first-order valence-corrected chi connectivity index (χ1v) is 8.53. The molecular formula is C18H16ClN5O3. The van der Waals surface area contributed by atoms with E-state index in [2.05, 4.69) is 20.7 Å². The third-order valence-corrected chi connectivity index (χ3v) is 3.77. The van der Waals surface area contributed by atoms with Gasteiger partial charge in [0.1, 0.15) is 6.54 Å². The van der Waals surface area contributed by atoms with E-state index in [0.717, 1.165) is 5.56 Å². The fourth-order valence-electron chi connectivity index (χ4n) is 2.26.